The average Bonchev–Trinajstić information content (AvgIpc) is 2.89. The van der Waals surface area contributed by atoms with Crippen molar-refractivity contribution >= 4 is 28.9 Å². The van der Waals surface area contributed by atoms with Gasteiger partial charge >= 0.3 is 5.69 Å². The fourth-order valence-corrected chi connectivity index (χ4v) is 1.90. The Morgan fingerprint density at radius 1 is 1.47 bits per heavy atom. The molecule has 0 unspecified atom stereocenters. The van der Waals surface area contributed by atoms with Gasteiger partial charge in [-0.2, -0.15) is 0 Å². The first-order valence-corrected chi connectivity index (χ1v) is 6.04. The lowest BCUT2D eigenvalue weighted by Crippen LogP contribution is -1.96. The Morgan fingerprint density at radius 3 is 2.89 bits per heavy atom. The van der Waals surface area contributed by atoms with E-state index in [0.29, 0.717) is 0 Å². The van der Waals surface area contributed by atoms with Crippen molar-refractivity contribution in [2.45, 2.75) is 0 Å². The Bertz CT molecular complexity index is 650. The quantitative estimate of drug-likeness (QED) is 0.401. The summed E-state index contributed by atoms with van der Waals surface area (Å²) in [7, 11) is 0. The van der Waals surface area contributed by atoms with Crippen LogP contribution in [0.2, 0.25) is 0 Å². The highest BCUT2D eigenvalue weighted by molar-refractivity contribution is 7.10. The lowest BCUT2D eigenvalue weighted by molar-refractivity contribution is -0.385. The third-order valence-corrected chi connectivity index (χ3v) is 3.05. The molecule has 2 rings (SSSR count). The average molecular weight is 276 g/mol. The largest absolute Gasteiger partial charge is 0.502 e. The summed E-state index contributed by atoms with van der Waals surface area (Å²) in [6.07, 6.45) is 4.50. The molecule has 0 saturated carbocycles. The molecule has 2 aromatic rings. The van der Waals surface area contributed by atoms with Gasteiger partial charge in [-0.1, -0.05) is 0 Å². The zero-order valence-electron chi connectivity index (χ0n) is 9.52. The van der Waals surface area contributed by atoms with Gasteiger partial charge in [-0.05, 0) is 24.3 Å². The van der Waals surface area contributed by atoms with Crippen LogP contribution in [0.1, 0.15) is 15.2 Å². The number of carbonyl (C=O) groups is 1. The molecule has 0 aliphatic rings. The van der Waals surface area contributed by atoms with E-state index in [9.17, 15) is 20.0 Å². The number of thiazole rings is 1. The van der Waals surface area contributed by atoms with E-state index >= 15 is 0 Å². The van der Waals surface area contributed by atoms with Gasteiger partial charge in [0.1, 0.15) is 0 Å². The van der Waals surface area contributed by atoms with Crippen LogP contribution in [-0.4, -0.2) is 20.8 Å². The lowest BCUT2D eigenvalue weighted by atomic mass is 10.1. The number of hydrogen-bond donors (Lipinski definition) is 1. The molecule has 0 spiro atoms. The van der Waals surface area contributed by atoms with Gasteiger partial charge in [0, 0.05) is 22.7 Å². The zero-order chi connectivity index (χ0) is 13.8. The first-order chi connectivity index (χ1) is 9.08. The zero-order valence-corrected chi connectivity index (χ0v) is 10.3. The molecule has 1 heterocycles. The number of phenolic OH excluding ortho intramolecular Hbond substituents is 1. The SMILES string of the molecule is O=C(/C=C/c1cncs1)c1ccc(O)c([N+](=O)[O-])c1. The van der Waals surface area contributed by atoms with Crippen LogP contribution in [0.4, 0.5) is 5.69 Å². The van der Waals surface area contributed by atoms with E-state index < -0.39 is 16.4 Å². The molecule has 1 aromatic carbocycles. The van der Waals surface area contributed by atoms with Crippen LogP contribution >= 0.6 is 11.3 Å². The Morgan fingerprint density at radius 2 is 2.26 bits per heavy atom. The maximum absolute atomic E-state index is 11.8. The first kappa shape index (κ1) is 12.9. The molecule has 0 amide bonds. The predicted octanol–water partition coefficient (Wildman–Crippen LogP) is 2.65. The molecule has 0 aliphatic heterocycles. The van der Waals surface area contributed by atoms with E-state index in [0.717, 1.165) is 17.0 Å². The van der Waals surface area contributed by atoms with Crippen LogP contribution < -0.4 is 0 Å². The van der Waals surface area contributed by atoms with Gasteiger partial charge in [0.2, 0.25) is 0 Å². The lowest BCUT2D eigenvalue weighted by Gasteiger charge is -1.98. The molecule has 1 N–H and O–H groups in total. The van der Waals surface area contributed by atoms with Crippen molar-refractivity contribution in [3.63, 3.8) is 0 Å². The Balaban J connectivity index is 2.24. The van der Waals surface area contributed by atoms with Gasteiger partial charge in [-0.15, -0.1) is 11.3 Å². The number of benzene rings is 1. The number of nitro groups is 1. The Kier molecular flexibility index (Phi) is 3.67. The first-order valence-electron chi connectivity index (χ1n) is 5.16. The summed E-state index contributed by atoms with van der Waals surface area (Å²) in [5, 5.41) is 19.9. The summed E-state index contributed by atoms with van der Waals surface area (Å²) < 4.78 is 0. The molecule has 0 saturated heterocycles. The molecule has 1 aromatic heterocycles. The molecule has 0 fully saturated rings. The van der Waals surface area contributed by atoms with Crippen molar-refractivity contribution in [3.05, 3.63) is 56.5 Å². The standard InChI is InChI=1S/C12H8N2O4S/c15-11(4-2-9-6-13-7-19-9)8-1-3-12(16)10(5-8)14(17)18/h1-7,16H/b4-2+. The highest BCUT2D eigenvalue weighted by atomic mass is 32.1. The minimum absolute atomic E-state index is 0.144. The van der Waals surface area contributed by atoms with Crippen LogP contribution in [0.25, 0.3) is 6.08 Å². The number of nitro benzene ring substituents is 1. The van der Waals surface area contributed by atoms with Crippen molar-refractivity contribution in [2.24, 2.45) is 0 Å². The molecule has 0 bridgehead atoms. The molecule has 6 nitrogen and oxygen atoms in total. The van der Waals surface area contributed by atoms with Crippen molar-refractivity contribution < 1.29 is 14.8 Å². The third-order valence-electron chi connectivity index (χ3n) is 2.31. The molecule has 19 heavy (non-hydrogen) atoms. The van der Waals surface area contributed by atoms with Crippen molar-refractivity contribution in [3.8, 4) is 5.75 Å². The summed E-state index contributed by atoms with van der Waals surface area (Å²) in [6, 6.07) is 3.52. The number of hydrogen-bond acceptors (Lipinski definition) is 6. The second-order valence-electron chi connectivity index (χ2n) is 3.56. The maximum Gasteiger partial charge on any atom is 0.311 e. The van der Waals surface area contributed by atoms with E-state index in [2.05, 4.69) is 4.98 Å². The van der Waals surface area contributed by atoms with E-state index in [4.69, 9.17) is 0 Å². The second kappa shape index (κ2) is 5.40. The van der Waals surface area contributed by atoms with Crippen molar-refractivity contribution in [1.29, 1.82) is 0 Å². The summed E-state index contributed by atoms with van der Waals surface area (Å²) in [5.74, 6) is -0.843. The normalized spacial score (nSPS) is 10.7. The highest BCUT2D eigenvalue weighted by Gasteiger charge is 2.15. The van der Waals surface area contributed by atoms with Gasteiger partial charge in [0.05, 0.1) is 10.4 Å². The topological polar surface area (TPSA) is 93.3 Å². The van der Waals surface area contributed by atoms with E-state index in [-0.39, 0.29) is 11.3 Å². The molecular formula is C12H8N2O4S. The summed E-state index contributed by atoms with van der Waals surface area (Å²) in [4.78, 5) is 26.4. The molecule has 0 radical (unpaired) electrons. The summed E-state index contributed by atoms with van der Waals surface area (Å²) in [6.45, 7) is 0. The Hall–Kier alpha value is -2.54. The van der Waals surface area contributed by atoms with Crippen LogP contribution in [-0.2, 0) is 0 Å². The number of ketones is 1. The number of aromatic nitrogens is 1. The van der Waals surface area contributed by atoms with Gasteiger partial charge in [0.25, 0.3) is 0 Å². The fourth-order valence-electron chi connectivity index (χ4n) is 1.38. The van der Waals surface area contributed by atoms with Crippen molar-refractivity contribution in [1.82, 2.24) is 4.98 Å². The maximum atomic E-state index is 11.8. The number of aromatic hydroxyl groups is 1. The molecule has 7 heteroatoms. The Labute approximate surface area is 111 Å². The van der Waals surface area contributed by atoms with E-state index in [1.807, 2.05) is 0 Å². The molecule has 0 aliphatic carbocycles. The van der Waals surface area contributed by atoms with Crippen LogP contribution in [0.15, 0.2) is 36.0 Å². The monoisotopic (exact) mass is 276 g/mol. The predicted molar refractivity (Wildman–Crippen MR) is 70.2 cm³/mol. The highest BCUT2D eigenvalue weighted by Crippen LogP contribution is 2.26. The van der Waals surface area contributed by atoms with Gasteiger partial charge in [-0.3, -0.25) is 19.9 Å². The number of carbonyl (C=O) groups excluding carboxylic acids is 1. The summed E-state index contributed by atoms with van der Waals surface area (Å²) in [5.41, 5.74) is 1.29. The van der Waals surface area contributed by atoms with Crippen LogP contribution in [0.3, 0.4) is 0 Å². The van der Waals surface area contributed by atoms with Crippen LogP contribution in [0.5, 0.6) is 5.75 Å². The number of phenols is 1. The molecule has 0 atom stereocenters. The van der Waals surface area contributed by atoms with Gasteiger partial charge in [-0.25, -0.2) is 0 Å². The van der Waals surface area contributed by atoms with E-state index in [1.165, 1.54) is 23.5 Å². The fraction of sp³-hybridized carbons (Fsp3) is 0. The minimum atomic E-state index is -0.737. The summed E-state index contributed by atoms with van der Waals surface area (Å²) >= 11 is 1.37. The van der Waals surface area contributed by atoms with Crippen LogP contribution in [0, 0.1) is 10.1 Å². The number of allylic oxidation sites excluding steroid dienone is 1. The van der Waals surface area contributed by atoms with Gasteiger partial charge in [0.15, 0.2) is 11.5 Å². The van der Waals surface area contributed by atoms with Gasteiger partial charge < -0.3 is 5.11 Å². The molecular weight excluding hydrogens is 268 g/mol. The van der Waals surface area contributed by atoms with Crippen molar-refractivity contribution in [2.75, 3.05) is 0 Å². The number of rotatable bonds is 4. The minimum Gasteiger partial charge on any atom is -0.502 e. The number of nitrogens with zero attached hydrogens (tertiary/aromatic N) is 2. The smallest absolute Gasteiger partial charge is 0.311 e. The molecule has 96 valence electrons. The van der Waals surface area contributed by atoms with E-state index in [1.54, 1.807) is 17.8 Å². The third kappa shape index (κ3) is 3.02. The second-order valence-corrected chi connectivity index (χ2v) is 4.48.